The summed E-state index contributed by atoms with van der Waals surface area (Å²) in [5.41, 5.74) is 5.07. The van der Waals surface area contributed by atoms with Gasteiger partial charge in [0.1, 0.15) is 6.23 Å². The van der Waals surface area contributed by atoms with Gasteiger partial charge in [-0.05, 0) is 13.3 Å². The average molecular weight is 275 g/mol. The lowest BCUT2D eigenvalue weighted by molar-refractivity contribution is -0.137. The van der Waals surface area contributed by atoms with Gasteiger partial charge < -0.3 is 15.6 Å². The predicted molar refractivity (Wildman–Crippen MR) is 80.1 cm³/mol. The number of ether oxygens (including phenoxy) is 1. The second-order valence-electron chi connectivity index (χ2n) is 4.91. The Hall–Kier alpha value is -0.610. The molecule has 0 amide bonds. The molecule has 4 heteroatoms. The number of carbonyl (C=O) groups is 1. The number of methoxy groups -OCH3 is 1. The van der Waals surface area contributed by atoms with Gasteiger partial charge in [0, 0.05) is 13.5 Å². The van der Waals surface area contributed by atoms with Gasteiger partial charge in [0.2, 0.25) is 0 Å². The van der Waals surface area contributed by atoms with E-state index in [1.807, 2.05) is 0 Å². The molecule has 0 aromatic rings. The molecular formula is C15H33NO3. The summed E-state index contributed by atoms with van der Waals surface area (Å²) in [5, 5.41) is 8.41. The van der Waals surface area contributed by atoms with Crippen LogP contribution in [0.1, 0.15) is 78.1 Å². The number of carboxylic acids is 1. The SMILES string of the molecule is CCCCCCCCCCCC(=O)O.COC(C)N. The minimum atomic E-state index is -0.659. The van der Waals surface area contributed by atoms with E-state index in [-0.39, 0.29) is 6.23 Å². The van der Waals surface area contributed by atoms with Gasteiger partial charge in [0.25, 0.3) is 0 Å². The van der Waals surface area contributed by atoms with E-state index in [9.17, 15) is 4.79 Å². The second-order valence-corrected chi connectivity index (χ2v) is 4.91. The third kappa shape index (κ3) is 26.8. The van der Waals surface area contributed by atoms with Crippen molar-refractivity contribution in [3.05, 3.63) is 0 Å². The average Bonchev–Trinajstić information content (AvgIpc) is 2.37. The van der Waals surface area contributed by atoms with Crippen molar-refractivity contribution in [2.45, 2.75) is 84.3 Å². The van der Waals surface area contributed by atoms with Crippen LogP contribution in [0, 0.1) is 0 Å². The first-order valence-corrected chi connectivity index (χ1v) is 7.54. The fraction of sp³-hybridized carbons (Fsp3) is 0.933. The Morgan fingerprint density at radius 2 is 1.42 bits per heavy atom. The Morgan fingerprint density at radius 3 is 1.74 bits per heavy atom. The van der Waals surface area contributed by atoms with E-state index in [4.69, 9.17) is 10.8 Å². The molecule has 0 bridgehead atoms. The summed E-state index contributed by atoms with van der Waals surface area (Å²) in [6.07, 6.45) is 11.4. The Balaban J connectivity index is 0. The van der Waals surface area contributed by atoms with Crippen LogP contribution < -0.4 is 5.73 Å². The second kappa shape index (κ2) is 17.4. The van der Waals surface area contributed by atoms with Crippen LogP contribution in [-0.2, 0) is 9.53 Å². The van der Waals surface area contributed by atoms with Crippen LogP contribution in [0.15, 0.2) is 0 Å². The van der Waals surface area contributed by atoms with E-state index in [2.05, 4.69) is 11.7 Å². The van der Waals surface area contributed by atoms with E-state index in [0.717, 1.165) is 12.8 Å². The van der Waals surface area contributed by atoms with Crippen molar-refractivity contribution in [3.8, 4) is 0 Å². The van der Waals surface area contributed by atoms with Crippen molar-refractivity contribution < 1.29 is 14.6 Å². The van der Waals surface area contributed by atoms with Crippen LogP contribution in [-0.4, -0.2) is 24.4 Å². The molecule has 0 aliphatic carbocycles. The van der Waals surface area contributed by atoms with Crippen molar-refractivity contribution in [1.29, 1.82) is 0 Å². The summed E-state index contributed by atoms with van der Waals surface area (Å²) in [6, 6.07) is 0. The third-order valence-electron chi connectivity index (χ3n) is 2.87. The number of hydrogen-bond donors (Lipinski definition) is 2. The number of carboxylic acid groups (broad SMARTS) is 1. The maximum atomic E-state index is 10.2. The van der Waals surface area contributed by atoms with E-state index < -0.39 is 5.97 Å². The highest BCUT2D eigenvalue weighted by molar-refractivity contribution is 5.66. The fourth-order valence-electron chi connectivity index (χ4n) is 1.59. The van der Waals surface area contributed by atoms with Gasteiger partial charge in [0.05, 0.1) is 0 Å². The molecule has 0 aromatic carbocycles. The summed E-state index contributed by atoms with van der Waals surface area (Å²) < 4.78 is 4.53. The minimum absolute atomic E-state index is 0.116. The number of hydrogen-bond acceptors (Lipinski definition) is 3. The summed E-state index contributed by atoms with van der Waals surface area (Å²) in [4.78, 5) is 10.2. The molecule has 0 aliphatic heterocycles. The Kier molecular flexibility index (Phi) is 18.9. The van der Waals surface area contributed by atoms with E-state index >= 15 is 0 Å². The first-order valence-electron chi connectivity index (χ1n) is 7.54. The highest BCUT2D eigenvalue weighted by Crippen LogP contribution is 2.10. The lowest BCUT2D eigenvalue weighted by Gasteiger charge is -2.00. The molecule has 0 fully saturated rings. The van der Waals surface area contributed by atoms with Crippen molar-refractivity contribution in [2.75, 3.05) is 7.11 Å². The molecule has 116 valence electrons. The molecule has 0 saturated carbocycles. The quantitative estimate of drug-likeness (QED) is 0.442. The maximum absolute atomic E-state index is 10.2. The molecule has 0 spiro atoms. The zero-order chi connectivity index (χ0) is 14.9. The predicted octanol–water partition coefficient (Wildman–Crippen LogP) is 3.93. The van der Waals surface area contributed by atoms with E-state index in [1.54, 1.807) is 14.0 Å². The highest BCUT2D eigenvalue weighted by atomic mass is 16.5. The van der Waals surface area contributed by atoms with Crippen LogP contribution in [0.3, 0.4) is 0 Å². The molecule has 1 atom stereocenters. The normalized spacial score (nSPS) is 11.6. The van der Waals surface area contributed by atoms with Crippen molar-refractivity contribution in [2.24, 2.45) is 5.73 Å². The Morgan fingerprint density at radius 1 is 1.05 bits per heavy atom. The van der Waals surface area contributed by atoms with Crippen molar-refractivity contribution in [3.63, 3.8) is 0 Å². The maximum Gasteiger partial charge on any atom is 0.303 e. The van der Waals surface area contributed by atoms with Crippen LogP contribution >= 0.6 is 0 Å². The first kappa shape index (κ1) is 20.7. The molecule has 1 unspecified atom stereocenters. The topological polar surface area (TPSA) is 72.5 Å². The third-order valence-corrected chi connectivity index (χ3v) is 2.87. The van der Waals surface area contributed by atoms with Crippen LogP contribution in [0.5, 0.6) is 0 Å². The van der Waals surface area contributed by atoms with Crippen molar-refractivity contribution in [1.82, 2.24) is 0 Å². The fourth-order valence-corrected chi connectivity index (χ4v) is 1.59. The van der Waals surface area contributed by atoms with Gasteiger partial charge in [-0.15, -0.1) is 0 Å². The summed E-state index contributed by atoms with van der Waals surface area (Å²) in [7, 11) is 1.57. The zero-order valence-electron chi connectivity index (χ0n) is 13.0. The summed E-state index contributed by atoms with van der Waals surface area (Å²) >= 11 is 0. The highest BCUT2D eigenvalue weighted by Gasteiger charge is 1.96. The lowest BCUT2D eigenvalue weighted by atomic mass is 10.1. The number of unbranched alkanes of at least 4 members (excludes halogenated alkanes) is 8. The summed E-state index contributed by atoms with van der Waals surface area (Å²) in [5.74, 6) is -0.659. The standard InChI is InChI=1S/C12H24O2.C3H9NO/c1-2-3-4-5-6-7-8-9-10-11-12(13)14;1-3(4)5-2/h2-11H2,1H3,(H,13,14);3H,4H2,1-2H3. The molecule has 19 heavy (non-hydrogen) atoms. The van der Waals surface area contributed by atoms with Gasteiger partial charge in [-0.3, -0.25) is 4.79 Å². The summed E-state index contributed by atoms with van der Waals surface area (Å²) in [6.45, 7) is 4.01. The minimum Gasteiger partial charge on any atom is -0.481 e. The monoisotopic (exact) mass is 275 g/mol. The van der Waals surface area contributed by atoms with Crippen LogP contribution in [0.4, 0.5) is 0 Å². The van der Waals surface area contributed by atoms with Gasteiger partial charge in [-0.2, -0.15) is 0 Å². The van der Waals surface area contributed by atoms with Crippen molar-refractivity contribution >= 4 is 5.97 Å². The molecule has 0 saturated heterocycles. The van der Waals surface area contributed by atoms with E-state index in [0.29, 0.717) is 6.42 Å². The molecule has 4 nitrogen and oxygen atoms in total. The van der Waals surface area contributed by atoms with Gasteiger partial charge in [-0.25, -0.2) is 0 Å². The smallest absolute Gasteiger partial charge is 0.303 e. The molecule has 0 heterocycles. The number of rotatable bonds is 11. The molecule has 0 aromatic heterocycles. The molecule has 0 aliphatic rings. The van der Waals surface area contributed by atoms with Crippen LogP contribution in [0.2, 0.25) is 0 Å². The van der Waals surface area contributed by atoms with Gasteiger partial charge >= 0.3 is 5.97 Å². The van der Waals surface area contributed by atoms with Crippen LogP contribution in [0.25, 0.3) is 0 Å². The lowest BCUT2D eigenvalue weighted by Crippen LogP contribution is -2.15. The van der Waals surface area contributed by atoms with Gasteiger partial charge in [0.15, 0.2) is 0 Å². The molecule has 3 N–H and O–H groups in total. The molecule has 0 rings (SSSR count). The number of nitrogens with two attached hydrogens (primary N) is 1. The zero-order valence-corrected chi connectivity index (χ0v) is 13.0. The Labute approximate surface area is 118 Å². The first-order chi connectivity index (χ1) is 9.04. The Bertz CT molecular complexity index is 184. The van der Waals surface area contributed by atoms with E-state index in [1.165, 1.54) is 44.9 Å². The van der Waals surface area contributed by atoms with Gasteiger partial charge in [-0.1, -0.05) is 58.3 Å². The molecular weight excluding hydrogens is 242 g/mol. The number of aliphatic carboxylic acids is 1. The molecule has 0 radical (unpaired) electrons. The largest absolute Gasteiger partial charge is 0.481 e.